The minimum absolute atomic E-state index is 0.172. The zero-order valence-corrected chi connectivity index (χ0v) is 20.6. The Morgan fingerprint density at radius 1 is 1.03 bits per heavy atom. The molecule has 5 fully saturated rings. The first-order chi connectivity index (χ1) is 15.3. The van der Waals surface area contributed by atoms with Gasteiger partial charge in [-0.15, -0.1) is 0 Å². The maximum atomic E-state index is 13.5. The number of fused-ring (bicyclic) bond motifs is 5. The third kappa shape index (κ3) is 3.79. The van der Waals surface area contributed by atoms with Crippen LogP contribution in [0.3, 0.4) is 0 Å². The van der Waals surface area contributed by atoms with Gasteiger partial charge in [0.25, 0.3) is 0 Å². The van der Waals surface area contributed by atoms with E-state index in [-0.39, 0.29) is 16.7 Å². The van der Waals surface area contributed by atoms with E-state index in [2.05, 4.69) is 11.8 Å². The summed E-state index contributed by atoms with van der Waals surface area (Å²) in [4.78, 5) is 15.8. The molecule has 0 bridgehead atoms. The number of carbonyl (C=O) groups excluding carboxylic acids is 1. The summed E-state index contributed by atoms with van der Waals surface area (Å²) in [6.07, 6.45) is 10.2. The molecule has 5 nitrogen and oxygen atoms in total. The fraction of sp³-hybridized carbons (Fsp3) is 0.963. The minimum atomic E-state index is -0.512. The van der Waals surface area contributed by atoms with Crippen LogP contribution in [0.2, 0.25) is 0 Å². The van der Waals surface area contributed by atoms with Crippen molar-refractivity contribution in [3.05, 3.63) is 0 Å². The summed E-state index contributed by atoms with van der Waals surface area (Å²) >= 11 is 0. The van der Waals surface area contributed by atoms with Crippen LogP contribution < -0.4 is 0 Å². The largest absolute Gasteiger partial charge is 0.390 e. The van der Waals surface area contributed by atoms with Gasteiger partial charge in [0.15, 0.2) is 0 Å². The second kappa shape index (κ2) is 8.62. The summed E-state index contributed by atoms with van der Waals surface area (Å²) in [5.41, 5.74) is -0.106. The molecule has 0 aromatic heterocycles. The van der Waals surface area contributed by atoms with Gasteiger partial charge >= 0.3 is 0 Å². The van der Waals surface area contributed by atoms with Crippen molar-refractivity contribution >= 4 is 5.78 Å². The molecule has 5 rings (SSSR count). The van der Waals surface area contributed by atoms with Crippen LogP contribution in [0.4, 0.5) is 0 Å². The maximum absolute atomic E-state index is 13.5. The SMILES string of the molecule is COCC12CCC(C)(O)CC1CCC1C3CCC(C(=O)CN4CCOCC4)C3(C)CCC12. The Hall–Kier alpha value is -0.490. The van der Waals surface area contributed by atoms with Crippen molar-refractivity contribution in [2.24, 2.45) is 40.4 Å². The molecule has 0 amide bonds. The molecule has 8 atom stereocenters. The van der Waals surface area contributed by atoms with Gasteiger partial charge in [-0.05, 0) is 99.2 Å². The van der Waals surface area contributed by atoms with Gasteiger partial charge in [-0.25, -0.2) is 0 Å². The molecule has 1 saturated heterocycles. The first kappa shape index (κ1) is 23.3. The molecule has 8 unspecified atom stereocenters. The van der Waals surface area contributed by atoms with E-state index in [1.807, 2.05) is 14.0 Å². The van der Waals surface area contributed by atoms with Crippen molar-refractivity contribution in [2.75, 3.05) is 46.6 Å². The lowest BCUT2D eigenvalue weighted by molar-refractivity contribution is -0.175. The summed E-state index contributed by atoms with van der Waals surface area (Å²) in [5.74, 6) is 3.41. The molecule has 0 radical (unpaired) electrons. The average Bonchev–Trinajstić information content (AvgIpc) is 3.12. The summed E-state index contributed by atoms with van der Waals surface area (Å²) in [6, 6.07) is 0. The Kier molecular flexibility index (Phi) is 6.27. The number of methoxy groups -OCH3 is 1. The predicted octanol–water partition coefficient (Wildman–Crippen LogP) is 3.92. The van der Waals surface area contributed by atoms with E-state index in [1.165, 1.54) is 32.1 Å². The highest BCUT2D eigenvalue weighted by Crippen LogP contribution is 2.68. The number of hydrogen-bond donors (Lipinski definition) is 1. The predicted molar refractivity (Wildman–Crippen MR) is 124 cm³/mol. The molecule has 5 aliphatic rings. The van der Waals surface area contributed by atoms with E-state index < -0.39 is 5.60 Å². The number of hydrogen-bond acceptors (Lipinski definition) is 5. The standard InChI is InChI=1S/C27H45NO4/c1-25(30)10-11-27(18-31-3)19(16-25)4-5-20-21-6-7-23(26(21,2)9-8-22(20)27)24(29)17-28-12-14-32-15-13-28/h19-23,30H,4-18H2,1-3H3. The first-order valence-corrected chi connectivity index (χ1v) is 13.3. The number of nitrogens with zero attached hydrogens (tertiary/aromatic N) is 1. The van der Waals surface area contributed by atoms with Crippen LogP contribution in [0.5, 0.6) is 0 Å². The van der Waals surface area contributed by atoms with Gasteiger partial charge in [0, 0.05) is 26.1 Å². The normalized spacial score (nSPS) is 49.2. The van der Waals surface area contributed by atoms with Crippen molar-refractivity contribution in [3.63, 3.8) is 0 Å². The Morgan fingerprint density at radius 3 is 2.56 bits per heavy atom. The molecule has 182 valence electrons. The molecule has 1 aliphatic heterocycles. The van der Waals surface area contributed by atoms with Crippen molar-refractivity contribution in [3.8, 4) is 0 Å². The second-order valence-corrected chi connectivity index (χ2v) is 12.5. The Balaban J connectivity index is 1.34. The molecule has 32 heavy (non-hydrogen) atoms. The number of aliphatic hydroxyl groups is 1. The molecule has 0 aromatic rings. The third-order valence-electron chi connectivity index (χ3n) is 10.9. The first-order valence-electron chi connectivity index (χ1n) is 13.3. The van der Waals surface area contributed by atoms with Crippen LogP contribution in [0.1, 0.15) is 71.6 Å². The zero-order valence-electron chi connectivity index (χ0n) is 20.6. The van der Waals surface area contributed by atoms with Crippen molar-refractivity contribution in [2.45, 2.75) is 77.2 Å². The number of ether oxygens (including phenoxy) is 2. The summed E-state index contributed by atoms with van der Waals surface area (Å²) in [7, 11) is 1.87. The lowest BCUT2D eigenvalue weighted by Gasteiger charge is -2.62. The second-order valence-electron chi connectivity index (χ2n) is 12.5. The van der Waals surface area contributed by atoms with Gasteiger partial charge in [-0.1, -0.05) is 6.92 Å². The van der Waals surface area contributed by atoms with Crippen LogP contribution in [0.25, 0.3) is 0 Å². The molecule has 4 aliphatic carbocycles. The van der Waals surface area contributed by atoms with Crippen molar-refractivity contribution < 1.29 is 19.4 Å². The monoisotopic (exact) mass is 447 g/mol. The molecule has 1 N–H and O–H groups in total. The summed E-state index contributed by atoms with van der Waals surface area (Å²) < 4.78 is 11.4. The molecule has 0 aromatic carbocycles. The van der Waals surface area contributed by atoms with Gasteiger partial charge in [0.2, 0.25) is 0 Å². The van der Waals surface area contributed by atoms with Crippen LogP contribution >= 0.6 is 0 Å². The highest BCUT2D eigenvalue weighted by Gasteiger charge is 2.63. The van der Waals surface area contributed by atoms with Crippen LogP contribution in [0, 0.1) is 40.4 Å². The van der Waals surface area contributed by atoms with Gasteiger partial charge in [0.1, 0.15) is 5.78 Å². The number of carbonyl (C=O) groups is 1. The Labute approximate surface area is 194 Å². The fourth-order valence-corrected chi connectivity index (χ4v) is 9.40. The fourth-order valence-electron chi connectivity index (χ4n) is 9.40. The topological polar surface area (TPSA) is 59.0 Å². The third-order valence-corrected chi connectivity index (χ3v) is 10.9. The van der Waals surface area contributed by atoms with E-state index in [0.29, 0.717) is 30.1 Å². The van der Waals surface area contributed by atoms with E-state index in [9.17, 15) is 9.90 Å². The molecular formula is C27H45NO4. The molecule has 1 heterocycles. The summed E-state index contributed by atoms with van der Waals surface area (Å²) in [6.45, 7) is 9.28. The Bertz CT molecular complexity index is 704. The number of morpholine rings is 1. The van der Waals surface area contributed by atoms with E-state index >= 15 is 0 Å². The van der Waals surface area contributed by atoms with E-state index in [1.54, 1.807) is 0 Å². The van der Waals surface area contributed by atoms with Crippen LogP contribution in [-0.4, -0.2) is 68.0 Å². The van der Waals surface area contributed by atoms with E-state index in [4.69, 9.17) is 9.47 Å². The quantitative estimate of drug-likeness (QED) is 0.692. The lowest BCUT2D eigenvalue weighted by Crippen LogP contribution is -2.58. The molecule has 5 heteroatoms. The highest BCUT2D eigenvalue weighted by atomic mass is 16.5. The maximum Gasteiger partial charge on any atom is 0.150 e. The zero-order chi connectivity index (χ0) is 22.6. The Morgan fingerprint density at radius 2 is 1.81 bits per heavy atom. The highest BCUT2D eigenvalue weighted by molar-refractivity contribution is 5.84. The van der Waals surface area contributed by atoms with Crippen LogP contribution in [-0.2, 0) is 14.3 Å². The summed E-state index contributed by atoms with van der Waals surface area (Å²) in [5, 5.41) is 10.8. The molecule has 4 saturated carbocycles. The van der Waals surface area contributed by atoms with E-state index in [0.717, 1.165) is 64.5 Å². The van der Waals surface area contributed by atoms with Gasteiger partial charge < -0.3 is 14.6 Å². The average molecular weight is 448 g/mol. The number of rotatable bonds is 5. The van der Waals surface area contributed by atoms with Gasteiger partial charge in [-0.2, -0.15) is 0 Å². The number of Topliss-reactive ketones (excluding diaryl/α,β-unsaturated/α-hetero) is 1. The van der Waals surface area contributed by atoms with Crippen molar-refractivity contribution in [1.82, 2.24) is 4.90 Å². The molecule has 0 spiro atoms. The van der Waals surface area contributed by atoms with Gasteiger partial charge in [0.05, 0.1) is 32.0 Å². The smallest absolute Gasteiger partial charge is 0.150 e. The van der Waals surface area contributed by atoms with Gasteiger partial charge in [-0.3, -0.25) is 9.69 Å². The number of ketones is 1. The van der Waals surface area contributed by atoms with Crippen molar-refractivity contribution in [1.29, 1.82) is 0 Å². The lowest BCUT2D eigenvalue weighted by atomic mass is 9.43. The van der Waals surface area contributed by atoms with Crippen LogP contribution in [0.15, 0.2) is 0 Å². The molecular weight excluding hydrogens is 402 g/mol. The minimum Gasteiger partial charge on any atom is -0.390 e.